The first-order valence-corrected chi connectivity index (χ1v) is 9.69. The monoisotopic (exact) mass is 358 g/mol. The molecule has 0 bridgehead atoms. The highest BCUT2D eigenvalue weighted by Crippen LogP contribution is 2.22. The standard InChI is InChI=1S/C25H26O2/c1-25(19-17-21-11-5-2-6-12-21,20-18-22-13-7-3-8-14-22)27-24(26)23-15-9-4-10-16-23/h2,4-6,9-13,15-16H,3,7-8,14,17,19H2,1H3. The summed E-state index contributed by atoms with van der Waals surface area (Å²) in [5, 5.41) is 0. The van der Waals surface area contributed by atoms with E-state index in [4.69, 9.17) is 4.74 Å². The SMILES string of the molecule is CC(C#CC1=CCCCC1)(CCc1ccccc1)OC(=O)c1ccccc1. The quantitative estimate of drug-likeness (QED) is 0.503. The van der Waals surface area contributed by atoms with Crippen LogP contribution in [0.5, 0.6) is 0 Å². The second-order valence-corrected chi connectivity index (χ2v) is 7.20. The third-order valence-electron chi connectivity index (χ3n) is 4.84. The molecule has 3 rings (SSSR count). The van der Waals surface area contributed by atoms with Crippen LogP contribution in [0.2, 0.25) is 0 Å². The molecule has 2 nitrogen and oxygen atoms in total. The maximum absolute atomic E-state index is 12.6. The molecule has 0 N–H and O–H groups in total. The molecule has 0 amide bonds. The molecule has 1 atom stereocenters. The van der Waals surface area contributed by atoms with Crippen molar-refractivity contribution in [3.8, 4) is 11.8 Å². The smallest absolute Gasteiger partial charge is 0.339 e. The van der Waals surface area contributed by atoms with Crippen LogP contribution in [0.25, 0.3) is 0 Å². The van der Waals surface area contributed by atoms with E-state index in [1.807, 2.05) is 43.3 Å². The topological polar surface area (TPSA) is 26.3 Å². The Morgan fingerprint density at radius 2 is 1.74 bits per heavy atom. The first-order chi connectivity index (χ1) is 13.1. The van der Waals surface area contributed by atoms with Gasteiger partial charge in [0, 0.05) is 6.42 Å². The molecule has 0 saturated carbocycles. The van der Waals surface area contributed by atoms with Crippen molar-refractivity contribution in [3.63, 3.8) is 0 Å². The summed E-state index contributed by atoms with van der Waals surface area (Å²) >= 11 is 0. The summed E-state index contributed by atoms with van der Waals surface area (Å²) in [6.45, 7) is 1.92. The summed E-state index contributed by atoms with van der Waals surface area (Å²) in [5.74, 6) is 6.24. The molecule has 0 aliphatic heterocycles. The van der Waals surface area contributed by atoms with Crippen molar-refractivity contribution >= 4 is 5.97 Å². The zero-order valence-electron chi connectivity index (χ0n) is 15.9. The molecule has 2 aromatic rings. The Morgan fingerprint density at radius 1 is 1.04 bits per heavy atom. The lowest BCUT2D eigenvalue weighted by molar-refractivity contribution is 0.0116. The number of hydrogen-bond acceptors (Lipinski definition) is 2. The molecule has 0 heterocycles. The number of rotatable bonds is 5. The van der Waals surface area contributed by atoms with Gasteiger partial charge >= 0.3 is 5.97 Å². The fourth-order valence-electron chi connectivity index (χ4n) is 3.17. The normalized spacial score (nSPS) is 15.7. The average Bonchev–Trinajstić information content (AvgIpc) is 2.73. The zero-order valence-corrected chi connectivity index (χ0v) is 15.9. The van der Waals surface area contributed by atoms with Crippen LogP contribution in [0.1, 0.15) is 54.9 Å². The second kappa shape index (κ2) is 9.24. The molecule has 0 fully saturated rings. The minimum Gasteiger partial charge on any atom is -0.443 e. The van der Waals surface area contributed by atoms with Gasteiger partial charge in [0.15, 0.2) is 5.60 Å². The van der Waals surface area contributed by atoms with Crippen molar-refractivity contribution in [1.82, 2.24) is 0 Å². The van der Waals surface area contributed by atoms with Gasteiger partial charge in [0.25, 0.3) is 0 Å². The van der Waals surface area contributed by atoms with E-state index < -0.39 is 5.60 Å². The molecule has 2 aromatic carbocycles. The van der Waals surface area contributed by atoms with E-state index in [9.17, 15) is 4.79 Å². The number of carbonyl (C=O) groups is 1. The van der Waals surface area contributed by atoms with Gasteiger partial charge in [-0.05, 0) is 62.3 Å². The third-order valence-corrected chi connectivity index (χ3v) is 4.84. The number of aryl methyl sites for hydroxylation is 1. The van der Waals surface area contributed by atoms with E-state index >= 15 is 0 Å². The van der Waals surface area contributed by atoms with Crippen molar-refractivity contribution in [2.75, 3.05) is 0 Å². The molecule has 138 valence electrons. The number of benzene rings is 2. The summed E-state index contributed by atoms with van der Waals surface area (Å²) in [6.07, 6.45) is 8.23. The van der Waals surface area contributed by atoms with Crippen LogP contribution in [0.3, 0.4) is 0 Å². The molecule has 0 spiro atoms. The lowest BCUT2D eigenvalue weighted by atomic mass is 9.94. The van der Waals surface area contributed by atoms with Crippen LogP contribution >= 0.6 is 0 Å². The van der Waals surface area contributed by atoms with Crippen LogP contribution < -0.4 is 0 Å². The summed E-state index contributed by atoms with van der Waals surface area (Å²) in [5.41, 5.74) is 2.13. The lowest BCUT2D eigenvalue weighted by Crippen LogP contribution is -2.31. The molecule has 2 heteroatoms. The van der Waals surface area contributed by atoms with E-state index in [-0.39, 0.29) is 5.97 Å². The molecule has 1 unspecified atom stereocenters. The number of ether oxygens (including phenoxy) is 1. The van der Waals surface area contributed by atoms with Crippen molar-refractivity contribution in [2.24, 2.45) is 0 Å². The third kappa shape index (κ3) is 5.86. The van der Waals surface area contributed by atoms with E-state index in [1.165, 1.54) is 24.0 Å². The number of hydrogen-bond donors (Lipinski definition) is 0. The van der Waals surface area contributed by atoms with Gasteiger partial charge in [-0.3, -0.25) is 0 Å². The van der Waals surface area contributed by atoms with Crippen LogP contribution in [0.4, 0.5) is 0 Å². The maximum atomic E-state index is 12.6. The van der Waals surface area contributed by atoms with Gasteiger partial charge in [-0.2, -0.15) is 0 Å². The van der Waals surface area contributed by atoms with E-state index in [2.05, 4.69) is 30.0 Å². The van der Waals surface area contributed by atoms with E-state index in [0.29, 0.717) is 12.0 Å². The van der Waals surface area contributed by atoms with Crippen LogP contribution in [-0.2, 0) is 11.2 Å². The van der Waals surface area contributed by atoms with Gasteiger partial charge in [-0.15, -0.1) is 0 Å². The first-order valence-electron chi connectivity index (χ1n) is 9.69. The van der Waals surface area contributed by atoms with Gasteiger partial charge in [0.05, 0.1) is 5.56 Å². The minimum atomic E-state index is -0.818. The molecule has 0 radical (unpaired) electrons. The largest absolute Gasteiger partial charge is 0.443 e. The summed E-state index contributed by atoms with van der Waals surface area (Å²) in [6, 6.07) is 19.4. The Bertz CT molecular complexity index is 840. The van der Waals surface area contributed by atoms with Crippen molar-refractivity contribution in [3.05, 3.63) is 83.4 Å². The second-order valence-electron chi connectivity index (χ2n) is 7.20. The molecule has 0 saturated heterocycles. The number of allylic oxidation sites excluding steroid dienone is 2. The lowest BCUT2D eigenvalue weighted by Gasteiger charge is -2.24. The predicted octanol–water partition coefficient (Wildman–Crippen LogP) is 5.74. The Morgan fingerprint density at radius 3 is 2.41 bits per heavy atom. The Labute approximate surface area is 162 Å². The first kappa shape index (κ1) is 19.0. The summed E-state index contributed by atoms with van der Waals surface area (Å²) in [7, 11) is 0. The minimum absolute atomic E-state index is 0.321. The van der Waals surface area contributed by atoms with Crippen LogP contribution in [0, 0.1) is 11.8 Å². The number of esters is 1. The van der Waals surface area contributed by atoms with Gasteiger partial charge < -0.3 is 4.74 Å². The van der Waals surface area contributed by atoms with E-state index in [0.717, 1.165) is 19.3 Å². The summed E-state index contributed by atoms with van der Waals surface area (Å²) < 4.78 is 5.90. The highest BCUT2D eigenvalue weighted by molar-refractivity contribution is 5.89. The van der Waals surface area contributed by atoms with Gasteiger partial charge in [0.2, 0.25) is 0 Å². The fraction of sp³-hybridized carbons (Fsp3) is 0.320. The van der Waals surface area contributed by atoms with Crippen molar-refractivity contribution in [2.45, 2.75) is 51.0 Å². The molecule has 0 aromatic heterocycles. The van der Waals surface area contributed by atoms with Gasteiger partial charge in [-0.25, -0.2) is 4.79 Å². The Balaban J connectivity index is 1.77. The zero-order chi connectivity index (χ0) is 19.0. The highest BCUT2D eigenvalue weighted by atomic mass is 16.6. The molecular weight excluding hydrogens is 332 g/mol. The fourth-order valence-corrected chi connectivity index (χ4v) is 3.17. The number of carbonyl (C=O) groups excluding carboxylic acids is 1. The Hall–Kier alpha value is -2.79. The van der Waals surface area contributed by atoms with Gasteiger partial charge in [0.1, 0.15) is 0 Å². The van der Waals surface area contributed by atoms with Gasteiger partial charge in [-0.1, -0.05) is 66.4 Å². The summed E-state index contributed by atoms with van der Waals surface area (Å²) in [4.78, 5) is 12.6. The maximum Gasteiger partial charge on any atom is 0.339 e. The molecule has 1 aliphatic rings. The van der Waals surface area contributed by atoms with Crippen molar-refractivity contribution < 1.29 is 9.53 Å². The molecule has 27 heavy (non-hydrogen) atoms. The van der Waals surface area contributed by atoms with Crippen LogP contribution in [0.15, 0.2) is 72.3 Å². The highest BCUT2D eigenvalue weighted by Gasteiger charge is 2.27. The van der Waals surface area contributed by atoms with Crippen molar-refractivity contribution in [1.29, 1.82) is 0 Å². The Kier molecular flexibility index (Phi) is 6.49. The molecular formula is C25H26O2. The molecule has 1 aliphatic carbocycles. The average molecular weight is 358 g/mol. The predicted molar refractivity (Wildman–Crippen MR) is 109 cm³/mol. The van der Waals surface area contributed by atoms with E-state index in [1.54, 1.807) is 12.1 Å². The van der Waals surface area contributed by atoms with Crippen LogP contribution in [-0.4, -0.2) is 11.6 Å².